The highest BCUT2D eigenvalue weighted by atomic mass is 35.5. The third kappa shape index (κ3) is 1.59. The van der Waals surface area contributed by atoms with E-state index in [0.717, 1.165) is 4.53 Å². The number of anilines is 1. The summed E-state index contributed by atoms with van der Waals surface area (Å²) in [6, 6.07) is 5.58. The maximum atomic E-state index is 10.8. The number of carboxylic acids is 1. The second-order valence-electron chi connectivity index (χ2n) is 3.04. The zero-order chi connectivity index (χ0) is 11.9. The smallest absolute Gasteiger partial charge is 0.341 e. The third-order valence-corrected chi connectivity index (χ3v) is 2.35. The van der Waals surface area contributed by atoms with E-state index in [0.29, 0.717) is 4.68 Å². The Labute approximate surface area is 93.7 Å². The Morgan fingerprint density at radius 2 is 1.94 bits per heavy atom. The third-order valence-electron chi connectivity index (χ3n) is 2.00. The molecule has 0 aliphatic rings. The maximum Gasteiger partial charge on any atom is 0.341 e. The SMILES string of the molecule is O=C(O)c1cccc(N(Cl)n2c(=O)c2=O)c1. The number of benzene rings is 1. The molecule has 0 amide bonds. The van der Waals surface area contributed by atoms with Crippen molar-refractivity contribution in [2.75, 3.05) is 4.53 Å². The van der Waals surface area contributed by atoms with Crippen LogP contribution in [-0.2, 0) is 0 Å². The van der Waals surface area contributed by atoms with Crippen molar-refractivity contribution in [1.29, 1.82) is 0 Å². The van der Waals surface area contributed by atoms with E-state index in [1.54, 1.807) is 0 Å². The van der Waals surface area contributed by atoms with Gasteiger partial charge in [-0.15, -0.1) is 0 Å². The fourth-order valence-electron chi connectivity index (χ4n) is 1.16. The van der Waals surface area contributed by atoms with E-state index in [1.807, 2.05) is 0 Å². The fourth-order valence-corrected chi connectivity index (χ4v) is 1.40. The predicted molar refractivity (Wildman–Crippen MR) is 56.5 cm³/mol. The molecule has 2 aromatic rings. The van der Waals surface area contributed by atoms with E-state index in [-0.39, 0.29) is 11.3 Å². The van der Waals surface area contributed by atoms with Gasteiger partial charge in [-0.3, -0.25) is 9.59 Å². The summed E-state index contributed by atoms with van der Waals surface area (Å²) < 4.78 is 1.49. The molecule has 2 rings (SSSR count). The summed E-state index contributed by atoms with van der Waals surface area (Å²) in [7, 11) is 0. The van der Waals surface area contributed by atoms with Crippen molar-refractivity contribution < 1.29 is 9.90 Å². The molecular weight excluding hydrogens is 236 g/mol. The van der Waals surface area contributed by atoms with Gasteiger partial charge < -0.3 is 5.11 Å². The van der Waals surface area contributed by atoms with Crippen LogP contribution in [-0.4, -0.2) is 15.8 Å². The monoisotopic (exact) mass is 240 g/mol. The first-order chi connectivity index (χ1) is 7.52. The van der Waals surface area contributed by atoms with Crippen molar-refractivity contribution in [2.45, 2.75) is 0 Å². The van der Waals surface area contributed by atoms with Crippen molar-refractivity contribution in [3.63, 3.8) is 0 Å². The lowest BCUT2D eigenvalue weighted by atomic mass is 10.2. The van der Waals surface area contributed by atoms with Crippen molar-refractivity contribution in [2.24, 2.45) is 0 Å². The summed E-state index contributed by atoms with van der Waals surface area (Å²) >= 11 is 5.69. The minimum absolute atomic E-state index is 0.0184. The zero-order valence-corrected chi connectivity index (χ0v) is 8.51. The normalized spacial score (nSPS) is 10.6. The van der Waals surface area contributed by atoms with Crippen molar-refractivity contribution in [1.82, 2.24) is 4.68 Å². The molecule has 0 fully saturated rings. The van der Waals surface area contributed by atoms with Crippen LogP contribution in [0.4, 0.5) is 5.69 Å². The van der Waals surface area contributed by atoms with Gasteiger partial charge >= 0.3 is 17.1 Å². The molecular formula is C9H5ClN2O4. The first-order valence-electron chi connectivity index (χ1n) is 4.20. The number of halogens is 1. The van der Waals surface area contributed by atoms with Gasteiger partial charge in [-0.25, -0.2) is 4.79 Å². The van der Waals surface area contributed by atoms with Gasteiger partial charge in [0.05, 0.1) is 11.3 Å². The Morgan fingerprint density at radius 3 is 2.44 bits per heavy atom. The van der Waals surface area contributed by atoms with Crippen molar-refractivity contribution in [3.8, 4) is 0 Å². The summed E-state index contributed by atoms with van der Waals surface area (Å²) in [4.78, 5) is 32.3. The van der Waals surface area contributed by atoms with Gasteiger partial charge in [0.1, 0.15) is 0 Å². The topological polar surface area (TPSA) is 79.6 Å². The molecule has 0 radical (unpaired) electrons. The molecule has 1 heterocycles. The van der Waals surface area contributed by atoms with E-state index in [2.05, 4.69) is 0 Å². The number of rotatable bonds is 3. The Kier molecular flexibility index (Phi) is 2.28. The lowest BCUT2D eigenvalue weighted by Gasteiger charge is -2.10. The number of aromatic nitrogens is 1. The van der Waals surface area contributed by atoms with E-state index in [1.165, 1.54) is 24.3 Å². The summed E-state index contributed by atoms with van der Waals surface area (Å²) in [5.74, 6) is -1.12. The molecule has 1 N–H and O–H groups in total. The molecule has 0 saturated carbocycles. The molecule has 0 spiro atoms. The lowest BCUT2D eigenvalue weighted by Crippen LogP contribution is -2.18. The number of carboxylic acid groups (broad SMARTS) is 1. The second kappa shape index (κ2) is 3.49. The summed E-state index contributed by atoms with van der Waals surface area (Å²) in [5.41, 5.74) is -1.20. The predicted octanol–water partition coefficient (Wildman–Crippen LogP) is 0.206. The molecule has 0 saturated heterocycles. The van der Waals surface area contributed by atoms with Crippen LogP contribution in [0.25, 0.3) is 0 Å². The van der Waals surface area contributed by atoms with Gasteiger partial charge in [0.25, 0.3) is 0 Å². The molecule has 0 atom stereocenters. The molecule has 7 heteroatoms. The molecule has 6 nitrogen and oxygen atoms in total. The van der Waals surface area contributed by atoms with Gasteiger partial charge in [0, 0.05) is 11.8 Å². The van der Waals surface area contributed by atoms with Crippen molar-refractivity contribution in [3.05, 3.63) is 50.5 Å². The molecule has 1 aromatic heterocycles. The highest BCUT2D eigenvalue weighted by molar-refractivity contribution is 6.25. The van der Waals surface area contributed by atoms with Crippen molar-refractivity contribution >= 4 is 23.4 Å². The Morgan fingerprint density at radius 1 is 1.31 bits per heavy atom. The molecule has 0 unspecified atom stereocenters. The highest BCUT2D eigenvalue weighted by Crippen LogP contribution is 2.17. The van der Waals surface area contributed by atoms with Crippen LogP contribution in [0.15, 0.2) is 33.9 Å². The number of hydrogen-bond acceptors (Lipinski definition) is 4. The molecule has 0 aliphatic heterocycles. The van der Waals surface area contributed by atoms with Gasteiger partial charge in [0.15, 0.2) is 0 Å². The maximum absolute atomic E-state index is 10.8. The zero-order valence-electron chi connectivity index (χ0n) is 7.75. The summed E-state index contributed by atoms with van der Waals surface area (Å²) in [5, 5.41) is 8.74. The van der Waals surface area contributed by atoms with Crippen LogP contribution < -0.4 is 15.6 Å². The van der Waals surface area contributed by atoms with Crippen LogP contribution in [0.1, 0.15) is 10.4 Å². The minimum atomic E-state index is -1.12. The standard InChI is InChI=1S/C9H5ClN2O4/c10-12(11-7(13)8(11)14)6-3-1-2-5(4-6)9(15)16/h1-4H,(H,15,16). The second-order valence-corrected chi connectivity index (χ2v) is 3.36. The number of carbonyl (C=O) groups is 1. The Balaban J connectivity index is 2.38. The molecule has 0 aliphatic carbocycles. The van der Waals surface area contributed by atoms with Gasteiger partial charge in [-0.1, -0.05) is 6.07 Å². The van der Waals surface area contributed by atoms with E-state index in [9.17, 15) is 14.4 Å². The first kappa shape index (κ1) is 10.4. The minimum Gasteiger partial charge on any atom is -0.478 e. The largest absolute Gasteiger partial charge is 0.478 e. The number of hydrogen-bond donors (Lipinski definition) is 1. The van der Waals surface area contributed by atoms with Gasteiger partial charge in [0.2, 0.25) is 0 Å². The lowest BCUT2D eigenvalue weighted by molar-refractivity contribution is 0.0697. The highest BCUT2D eigenvalue weighted by Gasteiger charge is 2.23. The van der Waals surface area contributed by atoms with Gasteiger partial charge in [-0.05, 0) is 18.2 Å². The fraction of sp³-hybridized carbons (Fsp3) is 0. The first-order valence-corrected chi connectivity index (χ1v) is 4.54. The molecule has 1 aromatic carbocycles. The van der Waals surface area contributed by atoms with E-state index in [4.69, 9.17) is 16.9 Å². The number of aromatic carboxylic acids is 1. The molecule has 82 valence electrons. The van der Waals surface area contributed by atoms with Crippen LogP contribution in [0, 0.1) is 0 Å². The Hall–Kier alpha value is -2.08. The molecule has 0 bridgehead atoms. The van der Waals surface area contributed by atoms with E-state index < -0.39 is 17.1 Å². The van der Waals surface area contributed by atoms with Crippen LogP contribution in [0.5, 0.6) is 0 Å². The average Bonchev–Trinajstić information content (AvgIpc) is 2.86. The summed E-state index contributed by atoms with van der Waals surface area (Å²) in [6.07, 6.45) is 0. The molecule has 16 heavy (non-hydrogen) atoms. The van der Waals surface area contributed by atoms with E-state index >= 15 is 0 Å². The van der Waals surface area contributed by atoms with Gasteiger partial charge in [-0.2, -0.15) is 9.20 Å². The van der Waals surface area contributed by atoms with Crippen LogP contribution >= 0.6 is 11.8 Å². The summed E-state index contributed by atoms with van der Waals surface area (Å²) in [6.45, 7) is 0. The quantitative estimate of drug-likeness (QED) is 0.613. The number of nitrogens with zero attached hydrogens (tertiary/aromatic N) is 2. The Bertz CT molecular complexity index is 601. The van der Waals surface area contributed by atoms with Crippen LogP contribution in [0.2, 0.25) is 0 Å². The van der Waals surface area contributed by atoms with Crippen LogP contribution in [0.3, 0.4) is 0 Å². The average molecular weight is 241 g/mol.